The highest BCUT2D eigenvalue weighted by atomic mass is 16.5. The summed E-state index contributed by atoms with van der Waals surface area (Å²) in [7, 11) is 5.78. The molecule has 0 aliphatic heterocycles. The zero-order chi connectivity index (χ0) is 25.8. The van der Waals surface area contributed by atoms with E-state index < -0.39 is 5.60 Å². The molecule has 1 atom stereocenters. The summed E-state index contributed by atoms with van der Waals surface area (Å²) in [6.07, 6.45) is 6.02. The van der Waals surface area contributed by atoms with Crippen LogP contribution in [0.1, 0.15) is 30.4 Å². The third-order valence-corrected chi connectivity index (χ3v) is 7.04. The summed E-state index contributed by atoms with van der Waals surface area (Å²) >= 11 is 0. The minimum Gasteiger partial charge on any atom is -0.481 e. The third kappa shape index (κ3) is 5.06. The molecule has 188 valence electrons. The third-order valence-electron chi connectivity index (χ3n) is 7.04. The first-order valence-corrected chi connectivity index (χ1v) is 12.7. The molecule has 37 heavy (non-hydrogen) atoms. The summed E-state index contributed by atoms with van der Waals surface area (Å²) in [5.74, 6) is 0.449. The van der Waals surface area contributed by atoms with Crippen LogP contribution >= 0.6 is 0 Å². The maximum Gasteiger partial charge on any atom is 0.220 e. The first kappa shape index (κ1) is 24.9. The van der Waals surface area contributed by atoms with Crippen LogP contribution in [0.3, 0.4) is 0 Å². The summed E-state index contributed by atoms with van der Waals surface area (Å²) in [6.45, 7) is 0.965. The molecule has 2 aromatic heterocycles. The number of aromatic nitrogens is 2. The van der Waals surface area contributed by atoms with E-state index in [0.29, 0.717) is 17.9 Å². The smallest absolute Gasteiger partial charge is 0.220 e. The van der Waals surface area contributed by atoms with Gasteiger partial charge in [0.1, 0.15) is 5.60 Å². The molecule has 0 amide bonds. The van der Waals surface area contributed by atoms with Gasteiger partial charge in [0.05, 0.1) is 18.2 Å². The Morgan fingerprint density at radius 2 is 1.68 bits per heavy atom. The van der Waals surface area contributed by atoms with Crippen LogP contribution in [0.25, 0.3) is 32.8 Å². The van der Waals surface area contributed by atoms with Crippen LogP contribution in [0.4, 0.5) is 0 Å². The Labute approximate surface area is 218 Å². The van der Waals surface area contributed by atoms with Crippen molar-refractivity contribution in [3.63, 3.8) is 0 Å². The van der Waals surface area contributed by atoms with Crippen molar-refractivity contribution in [3.05, 3.63) is 102 Å². The molecule has 0 spiro atoms. The van der Waals surface area contributed by atoms with Gasteiger partial charge < -0.3 is 14.7 Å². The average molecular weight is 492 g/mol. The number of ether oxygens (including phenoxy) is 1. The van der Waals surface area contributed by atoms with Crippen LogP contribution in [-0.2, 0) is 5.60 Å². The van der Waals surface area contributed by atoms with Crippen molar-refractivity contribution in [2.24, 2.45) is 0 Å². The van der Waals surface area contributed by atoms with Gasteiger partial charge in [0.15, 0.2) is 0 Å². The Kier molecular flexibility index (Phi) is 7.17. The van der Waals surface area contributed by atoms with Crippen LogP contribution < -0.4 is 4.74 Å². The largest absolute Gasteiger partial charge is 0.481 e. The van der Waals surface area contributed by atoms with E-state index in [1.807, 2.05) is 54.7 Å². The number of benzene rings is 3. The molecule has 2 heterocycles. The number of hydrogen-bond acceptors (Lipinski definition) is 5. The van der Waals surface area contributed by atoms with Gasteiger partial charge in [-0.15, -0.1) is 0 Å². The number of hydrogen-bond donors (Lipinski definition) is 1. The molecule has 3 aromatic carbocycles. The van der Waals surface area contributed by atoms with Crippen LogP contribution in [0.2, 0.25) is 0 Å². The fraction of sp³-hybridized carbons (Fsp3) is 0.250. The van der Waals surface area contributed by atoms with Gasteiger partial charge in [-0.1, -0.05) is 54.6 Å². The average Bonchev–Trinajstić information content (AvgIpc) is 2.94. The van der Waals surface area contributed by atoms with Gasteiger partial charge in [-0.25, -0.2) is 4.98 Å². The normalized spacial score (nSPS) is 13.2. The molecule has 0 aliphatic rings. The van der Waals surface area contributed by atoms with E-state index in [0.717, 1.165) is 57.8 Å². The van der Waals surface area contributed by atoms with Crippen molar-refractivity contribution < 1.29 is 9.84 Å². The molecular formula is C32H33N3O2. The Morgan fingerprint density at radius 3 is 2.46 bits per heavy atom. The molecule has 5 aromatic rings. The molecule has 1 unspecified atom stereocenters. The van der Waals surface area contributed by atoms with E-state index in [1.165, 1.54) is 0 Å². The first-order chi connectivity index (χ1) is 18.0. The molecule has 0 saturated carbocycles. The van der Waals surface area contributed by atoms with E-state index in [-0.39, 0.29) is 0 Å². The second-order valence-electron chi connectivity index (χ2n) is 9.84. The summed E-state index contributed by atoms with van der Waals surface area (Å²) in [5.41, 5.74) is 3.20. The van der Waals surface area contributed by atoms with E-state index >= 15 is 0 Å². The maximum absolute atomic E-state index is 12.6. The Balaban J connectivity index is 1.68. The number of fused-ring (bicyclic) bond motifs is 2. The number of pyridine rings is 2. The van der Waals surface area contributed by atoms with E-state index in [9.17, 15) is 5.11 Å². The second kappa shape index (κ2) is 10.7. The van der Waals surface area contributed by atoms with E-state index in [4.69, 9.17) is 9.72 Å². The quantitative estimate of drug-likeness (QED) is 0.241. The number of aliphatic hydroxyl groups is 1. The lowest BCUT2D eigenvalue weighted by molar-refractivity contribution is 0.0658. The predicted octanol–water partition coefficient (Wildman–Crippen LogP) is 6.43. The Hall–Kier alpha value is -3.80. The zero-order valence-electron chi connectivity index (χ0n) is 21.7. The highest BCUT2D eigenvalue weighted by Gasteiger charge is 2.36. The predicted molar refractivity (Wildman–Crippen MR) is 151 cm³/mol. The number of methoxy groups -OCH3 is 1. The topological polar surface area (TPSA) is 58.5 Å². The summed E-state index contributed by atoms with van der Waals surface area (Å²) in [4.78, 5) is 11.3. The minimum atomic E-state index is -1.27. The van der Waals surface area contributed by atoms with Gasteiger partial charge in [-0.3, -0.25) is 4.98 Å². The van der Waals surface area contributed by atoms with Crippen molar-refractivity contribution in [3.8, 4) is 17.0 Å². The molecule has 0 radical (unpaired) electrons. The standard InChI is InChI=1S/C32H33N3O2/c1-35(2)19-7-6-17-32(36,28-14-8-11-23-10-4-5-13-27(23)28)29-21-26-20-24(25-12-9-18-33-22-25)15-16-30(26)34-31(29)37-3/h4-5,8-16,18,20-22,36H,6-7,17,19H2,1-3H3. The molecule has 0 bridgehead atoms. The van der Waals surface area contributed by atoms with Crippen molar-refractivity contribution in [1.29, 1.82) is 0 Å². The SMILES string of the molecule is COc1nc2ccc(-c3cccnc3)cc2cc1C(O)(CCCCN(C)C)c1cccc2ccccc12. The fourth-order valence-corrected chi connectivity index (χ4v) is 5.13. The van der Waals surface area contributed by atoms with Crippen molar-refractivity contribution in [2.45, 2.75) is 24.9 Å². The number of unbranched alkanes of at least 4 members (excludes halogenated alkanes) is 1. The highest BCUT2D eigenvalue weighted by molar-refractivity contribution is 5.89. The molecule has 0 aliphatic carbocycles. The van der Waals surface area contributed by atoms with Gasteiger partial charge in [-0.2, -0.15) is 0 Å². The molecule has 1 N–H and O–H groups in total. The fourth-order valence-electron chi connectivity index (χ4n) is 5.13. The Morgan fingerprint density at radius 1 is 0.838 bits per heavy atom. The summed E-state index contributed by atoms with van der Waals surface area (Å²) < 4.78 is 5.80. The lowest BCUT2D eigenvalue weighted by Gasteiger charge is -2.32. The van der Waals surface area contributed by atoms with Gasteiger partial charge in [-0.05, 0) is 86.1 Å². The van der Waals surface area contributed by atoms with Crippen LogP contribution in [0.15, 0.2) is 91.3 Å². The van der Waals surface area contributed by atoms with E-state index in [1.54, 1.807) is 13.3 Å². The molecule has 0 fully saturated rings. The highest BCUT2D eigenvalue weighted by Crippen LogP contribution is 2.43. The van der Waals surface area contributed by atoms with Crippen LogP contribution in [0.5, 0.6) is 5.88 Å². The van der Waals surface area contributed by atoms with E-state index in [2.05, 4.69) is 54.3 Å². The molecule has 5 nitrogen and oxygen atoms in total. The first-order valence-electron chi connectivity index (χ1n) is 12.7. The van der Waals surface area contributed by atoms with Crippen molar-refractivity contribution >= 4 is 21.7 Å². The maximum atomic E-state index is 12.6. The summed E-state index contributed by atoms with van der Waals surface area (Å²) in [5, 5.41) is 15.7. The Bertz CT molecular complexity index is 1510. The monoisotopic (exact) mass is 491 g/mol. The number of nitrogens with zero attached hydrogens (tertiary/aromatic N) is 3. The molecule has 5 heteroatoms. The van der Waals surface area contributed by atoms with Crippen molar-refractivity contribution in [2.75, 3.05) is 27.7 Å². The second-order valence-corrected chi connectivity index (χ2v) is 9.84. The van der Waals surface area contributed by atoms with Gasteiger partial charge in [0.25, 0.3) is 0 Å². The zero-order valence-corrected chi connectivity index (χ0v) is 21.7. The van der Waals surface area contributed by atoms with Crippen molar-refractivity contribution in [1.82, 2.24) is 14.9 Å². The molecular weight excluding hydrogens is 458 g/mol. The number of rotatable bonds is 9. The van der Waals surface area contributed by atoms with Crippen LogP contribution in [-0.4, -0.2) is 47.7 Å². The lowest BCUT2D eigenvalue weighted by atomic mass is 9.79. The van der Waals surface area contributed by atoms with Gasteiger partial charge >= 0.3 is 0 Å². The molecule has 5 rings (SSSR count). The molecule has 0 saturated heterocycles. The van der Waals surface area contributed by atoms with Gasteiger partial charge in [0.2, 0.25) is 5.88 Å². The van der Waals surface area contributed by atoms with Crippen LogP contribution in [0, 0.1) is 0 Å². The summed E-state index contributed by atoms with van der Waals surface area (Å²) in [6, 6.07) is 26.5. The lowest BCUT2D eigenvalue weighted by Crippen LogP contribution is -2.29. The van der Waals surface area contributed by atoms with Gasteiger partial charge in [0, 0.05) is 23.3 Å². The minimum absolute atomic E-state index is 0.449.